The van der Waals surface area contributed by atoms with Gasteiger partial charge in [0, 0.05) is 11.8 Å². The summed E-state index contributed by atoms with van der Waals surface area (Å²) in [4.78, 5) is 8.45. The molecular weight excluding hydrogens is 238 g/mol. The Labute approximate surface area is 105 Å². The number of ether oxygens (including phenoxy) is 2. The Balaban J connectivity index is 1.98. The maximum Gasteiger partial charge on any atom is 0.229 e. The monoisotopic (exact) mass is 255 g/mol. The quantitative estimate of drug-likeness (QED) is 0.866. The molecule has 0 saturated carbocycles. The van der Waals surface area contributed by atoms with Crippen LogP contribution in [-0.4, -0.2) is 41.7 Å². The fourth-order valence-electron chi connectivity index (χ4n) is 1.70. The van der Waals surface area contributed by atoms with Crippen LogP contribution in [0.4, 0.5) is 5.95 Å². The first-order chi connectivity index (χ1) is 8.31. The summed E-state index contributed by atoms with van der Waals surface area (Å²) in [6, 6.07) is 1.66. The second kappa shape index (κ2) is 5.95. The Bertz CT molecular complexity index is 347. The average molecular weight is 255 g/mol. The standard InChI is InChI=1S/C11H17N3O2S/c1-15-9-6-10(16-2)14-11(13-9)12-7-8-4-3-5-17-8/h6,8H,3-5,7H2,1-2H3,(H,12,13,14). The molecule has 1 unspecified atom stereocenters. The molecule has 6 heteroatoms. The van der Waals surface area contributed by atoms with E-state index in [9.17, 15) is 0 Å². The molecule has 1 atom stereocenters. The van der Waals surface area contributed by atoms with E-state index in [1.165, 1.54) is 18.6 Å². The zero-order valence-corrected chi connectivity index (χ0v) is 10.9. The molecule has 0 bridgehead atoms. The van der Waals surface area contributed by atoms with Crippen molar-refractivity contribution in [1.82, 2.24) is 9.97 Å². The number of nitrogens with zero attached hydrogens (tertiary/aromatic N) is 2. The van der Waals surface area contributed by atoms with Crippen LogP contribution in [0.5, 0.6) is 11.8 Å². The largest absolute Gasteiger partial charge is 0.481 e. The topological polar surface area (TPSA) is 56.3 Å². The van der Waals surface area contributed by atoms with Crippen molar-refractivity contribution in [3.05, 3.63) is 6.07 Å². The van der Waals surface area contributed by atoms with Gasteiger partial charge >= 0.3 is 0 Å². The molecule has 1 aromatic rings. The van der Waals surface area contributed by atoms with Gasteiger partial charge in [0.1, 0.15) is 0 Å². The second-order valence-corrected chi connectivity index (χ2v) is 5.20. The number of hydrogen-bond acceptors (Lipinski definition) is 6. The lowest BCUT2D eigenvalue weighted by Gasteiger charge is -2.11. The lowest BCUT2D eigenvalue weighted by atomic mass is 10.2. The van der Waals surface area contributed by atoms with Gasteiger partial charge in [-0.2, -0.15) is 21.7 Å². The molecule has 1 aliphatic heterocycles. The molecule has 0 radical (unpaired) electrons. The summed E-state index contributed by atoms with van der Waals surface area (Å²) in [7, 11) is 3.16. The highest BCUT2D eigenvalue weighted by Crippen LogP contribution is 2.26. The smallest absolute Gasteiger partial charge is 0.229 e. The number of aromatic nitrogens is 2. The zero-order chi connectivity index (χ0) is 12.1. The minimum atomic E-state index is 0.512. The van der Waals surface area contributed by atoms with E-state index in [0.717, 1.165) is 6.54 Å². The second-order valence-electron chi connectivity index (χ2n) is 3.79. The van der Waals surface area contributed by atoms with Crippen molar-refractivity contribution in [1.29, 1.82) is 0 Å². The Kier molecular flexibility index (Phi) is 4.30. The van der Waals surface area contributed by atoms with Gasteiger partial charge in [0.2, 0.25) is 17.7 Å². The Morgan fingerprint density at radius 1 is 1.35 bits per heavy atom. The summed E-state index contributed by atoms with van der Waals surface area (Å²) in [6.07, 6.45) is 2.57. The van der Waals surface area contributed by atoms with E-state index >= 15 is 0 Å². The minimum absolute atomic E-state index is 0.512. The van der Waals surface area contributed by atoms with Crippen molar-refractivity contribution in [2.45, 2.75) is 18.1 Å². The number of anilines is 1. The van der Waals surface area contributed by atoms with Gasteiger partial charge in [0.05, 0.1) is 20.3 Å². The fourth-order valence-corrected chi connectivity index (χ4v) is 2.90. The van der Waals surface area contributed by atoms with E-state index in [1.54, 1.807) is 20.3 Å². The van der Waals surface area contributed by atoms with Crippen LogP contribution < -0.4 is 14.8 Å². The first kappa shape index (κ1) is 12.3. The van der Waals surface area contributed by atoms with Gasteiger partial charge in [0.15, 0.2) is 0 Å². The molecule has 1 aliphatic rings. The van der Waals surface area contributed by atoms with Crippen molar-refractivity contribution in [3.63, 3.8) is 0 Å². The molecule has 2 heterocycles. The molecule has 1 saturated heterocycles. The molecule has 2 rings (SSSR count). The lowest BCUT2D eigenvalue weighted by Crippen LogP contribution is -2.15. The van der Waals surface area contributed by atoms with Crippen LogP contribution in [-0.2, 0) is 0 Å². The number of rotatable bonds is 5. The van der Waals surface area contributed by atoms with Crippen molar-refractivity contribution >= 4 is 17.7 Å². The molecule has 1 N–H and O–H groups in total. The predicted molar refractivity (Wildman–Crippen MR) is 69.1 cm³/mol. The molecule has 1 aromatic heterocycles. The SMILES string of the molecule is COc1cc(OC)nc(NCC2CCCS2)n1. The first-order valence-corrected chi connectivity index (χ1v) is 6.69. The molecule has 1 fully saturated rings. The van der Waals surface area contributed by atoms with Crippen LogP contribution in [0.3, 0.4) is 0 Å². The molecule has 5 nitrogen and oxygen atoms in total. The third-order valence-electron chi connectivity index (χ3n) is 2.61. The van der Waals surface area contributed by atoms with E-state index in [-0.39, 0.29) is 0 Å². The maximum atomic E-state index is 5.09. The summed E-state index contributed by atoms with van der Waals surface area (Å²) in [5.41, 5.74) is 0. The van der Waals surface area contributed by atoms with Crippen LogP contribution in [0.25, 0.3) is 0 Å². The van der Waals surface area contributed by atoms with Gasteiger partial charge in [-0.15, -0.1) is 0 Å². The lowest BCUT2D eigenvalue weighted by molar-refractivity contribution is 0.373. The van der Waals surface area contributed by atoms with Gasteiger partial charge in [-0.3, -0.25) is 0 Å². The molecule has 17 heavy (non-hydrogen) atoms. The average Bonchev–Trinajstić information content (AvgIpc) is 2.89. The van der Waals surface area contributed by atoms with Crippen molar-refractivity contribution in [3.8, 4) is 11.8 Å². The van der Waals surface area contributed by atoms with Crippen LogP contribution in [0.1, 0.15) is 12.8 Å². The number of methoxy groups -OCH3 is 2. The fraction of sp³-hybridized carbons (Fsp3) is 0.636. The Morgan fingerprint density at radius 3 is 2.59 bits per heavy atom. The molecule has 0 spiro atoms. The minimum Gasteiger partial charge on any atom is -0.481 e. The molecule has 94 valence electrons. The summed E-state index contributed by atoms with van der Waals surface area (Å²) in [5, 5.41) is 3.90. The molecule has 0 amide bonds. The third-order valence-corrected chi connectivity index (χ3v) is 4.01. The molecule has 0 aliphatic carbocycles. The first-order valence-electron chi connectivity index (χ1n) is 5.64. The van der Waals surface area contributed by atoms with E-state index in [1.807, 2.05) is 11.8 Å². The van der Waals surface area contributed by atoms with Gasteiger partial charge in [-0.05, 0) is 18.6 Å². The molecular formula is C11H17N3O2S. The highest BCUT2D eigenvalue weighted by atomic mass is 32.2. The van der Waals surface area contributed by atoms with E-state index in [4.69, 9.17) is 9.47 Å². The normalized spacial score (nSPS) is 19.1. The van der Waals surface area contributed by atoms with Crippen molar-refractivity contribution in [2.24, 2.45) is 0 Å². The van der Waals surface area contributed by atoms with Crippen LogP contribution >= 0.6 is 11.8 Å². The molecule has 0 aromatic carbocycles. The van der Waals surface area contributed by atoms with Gasteiger partial charge in [-0.25, -0.2) is 0 Å². The van der Waals surface area contributed by atoms with E-state index in [0.29, 0.717) is 23.0 Å². The summed E-state index contributed by atoms with van der Waals surface area (Å²) >= 11 is 2.00. The Morgan fingerprint density at radius 2 is 2.06 bits per heavy atom. The predicted octanol–water partition coefficient (Wildman–Crippen LogP) is 1.80. The van der Waals surface area contributed by atoms with Gasteiger partial charge < -0.3 is 14.8 Å². The number of nitrogens with one attached hydrogen (secondary N) is 1. The number of hydrogen-bond donors (Lipinski definition) is 1. The van der Waals surface area contributed by atoms with Gasteiger partial charge in [-0.1, -0.05) is 0 Å². The maximum absolute atomic E-state index is 5.09. The summed E-state index contributed by atoms with van der Waals surface area (Å²) < 4.78 is 10.2. The third kappa shape index (κ3) is 3.39. The Hall–Kier alpha value is -1.17. The van der Waals surface area contributed by atoms with Crippen LogP contribution in [0, 0.1) is 0 Å². The van der Waals surface area contributed by atoms with Gasteiger partial charge in [0.25, 0.3) is 0 Å². The van der Waals surface area contributed by atoms with E-state index in [2.05, 4.69) is 15.3 Å². The van der Waals surface area contributed by atoms with E-state index < -0.39 is 0 Å². The summed E-state index contributed by atoms with van der Waals surface area (Å²) in [6.45, 7) is 0.890. The highest BCUT2D eigenvalue weighted by molar-refractivity contribution is 8.00. The van der Waals surface area contributed by atoms with Crippen molar-refractivity contribution < 1.29 is 9.47 Å². The highest BCUT2D eigenvalue weighted by Gasteiger charge is 2.15. The van der Waals surface area contributed by atoms with Crippen LogP contribution in [0.2, 0.25) is 0 Å². The summed E-state index contributed by atoms with van der Waals surface area (Å²) in [5.74, 6) is 2.85. The van der Waals surface area contributed by atoms with Crippen molar-refractivity contribution in [2.75, 3.05) is 31.8 Å². The zero-order valence-electron chi connectivity index (χ0n) is 10.1. The number of thioether (sulfide) groups is 1. The van der Waals surface area contributed by atoms with Crippen LogP contribution in [0.15, 0.2) is 6.07 Å².